The number of esters is 1. The van der Waals surface area contributed by atoms with Crippen LogP contribution in [0.1, 0.15) is 58.3 Å². The highest BCUT2D eigenvalue weighted by Gasteiger charge is 2.74. The SMILES string of the molecule is O=C1OC(c2ccccc2)C(c2ccccc2)N2C1C(C(=O)NCc1nc3ccccc3[nH]1)C1(C(=O)Nc3ccc(C#CCCO)cc31)C2c1cccc(OCCO)c1. The minimum absolute atomic E-state index is 0.00703. The van der Waals surface area contributed by atoms with E-state index >= 15 is 14.4 Å². The summed E-state index contributed by atoms with van der Waals surface area (Å²) in [7, 11) is 0. The van der Waals surface area contributed by atoms with Crippen LogP contribution in [0.15, 0.2) is 127 Å². The van der Waals surface area contributed by atoms with Crippen molar-refractivity contribution in [3.8, 4) is 17.6 Å². The van der Waals surface area contributed by atoms with E-state index in [-0.39, 0.29) is 32.8 Å². The maximum Gasteiger partial charge on any atom is 0.324 e. The maximum absolute atomic E-state index is 15.4. The fourth-order valence-electron chi connectivity index (χ4n) is 9.20. The lowest BCUT2D eigenvalue weighted by atomic mass is 9.65. The summed E-state index contributed by atoms with van der Waals surface area (Å²) in [6, 6.07) is 36.4. The molecule has 2 fully saturated rings. The number of morpholine rings is 1. The number of ether oxygens (including phenoxy) is 2. The second-order valence-corrected chi connectivity index (χ2v) is 14.8. The van der Waals surface area contributed by atoms with Crippen molar-refractivity contribution in [3.05, 3.63) is 161 Å². The molecule has 296 valence electrons. The van der Waals surface area contributed by atoms with Crippen LogP contribution in [-0.2, 0) is 31.1 Å². The Balaban J connectivity index is 1.29. The first-order chi connectivity index (χ1) is 28.9. The number of carbonyl (C=O) groups excluding carboxylic acids is 3. The number of nitrogens with zero attached hydrogens (tertiary/aromatic N) is 2. The molecule has 0 saturated carbocycles. The van der Waals surface area contributed by atoms with Gasteiger partial charge in [-0.25, -0.2) is 4.98 Å². The smallest absolute Gasteiger partial charge is 0.324 e. The molecule has 12 nitrogen and oxygen atoms in total. The second-order valence-electron chi connectivity index (χ2n) is 14.8. The Labute approximate surface area is 340 Å². The third-order valence-electron chi connectivity index (χ3n) is 11.5. The number of nitrogens with one attached hydrogen (secondary N) is 3. The van der Waals surface area contributed by atoms with Crippen molar-refractivity contribution in [2.75, 3.05) is 25.1 Å². The van der Waals surface area contributed by atoms with E-state index in [0.29, 0.717) is 34.0 Å². The van der Waals surface area contributed by atoms with Crippen molar-refractivity contribution >= 4 is 34.5 Å². The summed E-state index contributed by atoms with van der Waals surface area (Å²) in [5.74, 6) is 4.04. The molecule has 0 radical (unpaired) electrons. The Kier molecular flexibility index (Phi) is 10.2. The van der Waals surface area contributed by atoms with Gasteiger partial charge in [-0.3, -0.25) is 19.3 Å². The highest BCUT2D eigenvalue weighted by molar-refractivity contribution is 6.12. The molecule has 0 aliphatic carbocycles. The molecule has 9 rings (SSSR count). The van der Waals surface area contributed by atoms with Crippen LogP contribution in [0.3, 0.4) is 0 Å². The Morgan fingerprint density at radius 1 is 0.847 bits per heavy atom. The third kappa shape index (κ3) is 6.59. The predicted molar refractivity (Wildman–Crippen MR) is 219 cm³/mol. The molecule has 4 heterocycles. The number of aliphatic hydroxyl groups excluding tert-OH is 2. The molecule has 5 N–H and O–H groups in total. The van der Waals surface area contributed by atoms with E-state index in [0.717, 1.165) is 22.2 Å². The van der Waals surface area contributed by atoms with Crippen LogP contribution in [0.25, 0.3) is 11.0 Å². The standard InChI is InChI=1S/C47H41N5O7/c53-23-10-9-12-29-21-22-35-34(26-29)47(46(57)51-35)39(44(55)48-28-38-49-36-19-7-8-20-37(36)50-38)41-45(56)59-42(31-15-5-2-6-16-31)40(30-13-3-1-4-14-30)52(41)43(47)32-17-11-18-33(27-32)58-25-24-54/h1-8,11,13-22,26-27,39-43,53-54H,10,23-25,28H2,(H,48,55)(H,49,50)(H,51,57). The van der Waals surface area contributed by atoms with Crippen LogP contribution in [0, 0.1) is 17.8 Å². The van der Waals surface area contributed by atoms with Crippen molar-refractivity contribution in [3.63, 3.8) is 0 Å². The van der Waals surface area contributed by atoms with Crippen molar-refractivity contribution < 1.29 is 34.1 Å². The molecule has 1 spiro atoms. The maximum atomic E-state index is 15.4. The molecule has 5 aromatic carbocycles. The van der Waals surface area contributed by atoms with Gasteiger partial charge < -0.3 is 35.3 Å². The zero-order chi connectivity index (χ0) is 40.5. The molecule has 6 atom stereocenters. The van der Waals surface area contributed by atoms with E-state index in [4.69, 9.17) is 9.47 Å². The fourth-order valence-corrected chi connectivity index (χ4v) is 9.20. The zero-order valence-electron chi connectivity index (χ0n) is 31.9. The number of aliphatic hydroxyl groups is 2. The first-order valence-electron chi connectivity index (χ1n) is 19.6. The number of cyclic esters (lactones) is 1. The second kappa shape index (κ2) is 15.9. The number of aromatic amines is 1. The molecule has 12 heteroatoms. The summed E-state index contributed by atoms with van der Waals surface area (Å²) < 4.78 is 12.4. The van der Waals surface area contributed by atoms with Gasteiger partial charge in [-0.2, -0.15) is 0 Å². The number of amides is 2. The van der Waals surface area contributed by atoms with Crippen molar-refractivity contribution in [1.29, 1.82) is 0 Å². The molecule has 2 amide bonds. The van der Waals surface area contributed by atoms with E-state index < -0.39 is 53.3 Å². The molecule has 6 unspecified atom stereocenters. The van der Waals surface area contributed by atoms with Crippen molar-refractivity contribution in [2.24, 2.45) is 5.92 Å². The Morgan fingerprint density at radius 3 is 2.36 bits per heavy atom. The van der Waals surface area contributed by atoms with Crippen molar-refractivity contribution in [1.82, 2.24) is 20.2 Å². The van der Waals surface area contributed by atoms with Gasteiger partial charge in [0, 0.05) is 17.7 Å². The minimum Gasteiger partial charge on any atom is -0.491 e. The average Bonchev–Trinajstić information content (AvgIpc) is 3.93. The number of hydrogen-bond acceptors (Lipinski definition) is 9. The van der Waals surface area contributed by atoms with Gasteiger partial charge >= 0.3 is 5.97 Å². The van der Waals surface area contributed by atoms with Crippen molar-refractivity contribution in [2.45, 2.75) is 42.6 Å². The van der Waals surface area contributed by atoms with Gasteiger partial charge in [0.25, 0.3) is 0 Å². The van der Waals surface area contributed by atoms with Crippen LogP contribution in [-0.4, -0.2) is 68.7 Å². The van der Waals surface area contributed by atoms with E-state index in [9.17, 15) is 10.2 Å². The zero-order valence-corrected chi connectivity index (χ0v) is 31.9. The molecule has 3 aliphatic heterocycles. The number of carbonyl (C=O) groups is 3. The van der Waals surface area contributed by atoms with Gasteiger partial charge in [-0.1, -0.05) is 96.8 Å². The van der Waals surface area contributed by atoms with E-state index in [2.05, 4.69) is 32.4 Å². The quantitative estimate of drug-likeness (QED) is 0.0921. The molecule has 6 aromatic rings. The molecule has 0 bridgehead atoms. The number of H-pyrrole nitrogens is 1. The molecule has 1 aromatic heterocycles. The summed E-state index contributed by atoms with van der Waals surface area (Å²) >= 11 is 0. The molecule has 2 saturated heterocycles. The summed E-state index contributed by atoms with van der Waals surface area (Å²) in [4.78, 5) is 55.7. The van der Waals surface area contributed by atoms with E-state index in [1.165, 1.54) is 0 Å². The third-order valence-corrected chi connectivity index (χ3v) is 11.5. The number of aromatic nitrogens is 2. The summed E-state index contributed by atoms with van der Waals surface area (Å²) in [6.45, 7) is -0.302. The first-order valence-corrected chi connectivity index (χ1v) is 19.6. The minimum atomic E-state index is -1.74. The number of para-hydroxylation sites is 2. The van der Waals surface area contributed by atoms with E-state index in [1.54, 1.807) is 24.3 Å². The average molecular weight is 788 g/mol. The van der Waals surface area contributed by atoms with Gasteiger partial charge in [-0.15, -0.1) is 0 Å². The van der Waals surface area contributed by atoms with Crippen LogP contribution >= 0.6 is 0 Å². The Morgan fingerprint density at radius 2 is 1.59 bits per heavy atom. The lowest BCUT2D eigenvalue weighted by Gasteiger charge is -2.46. The predicted octanol–water partition coefficient (Wildman–Crippen LogP) is 5.26. The summed E-state index contributed by atoms with van der Waals surface area (Å²) in [5.41, 5.74) is 3.53. The lowest BCUT2D eigenvalue weighted by Crippen LogP contribution is -2.54. The monoisotopic (exact) mass is 787 g/mol. The Bertz CT molecular complexity index is 2570. The van der Waals surface area contributed by atoms with Crippen LogP contribution in [0.5, 0.6) is 5.75 Å². The highest BCUT2D eigenvalue weighted by Crippen LogP contribution is 2.65. The summed E-state index contributed by atoms with van der Waals surface area (Å²) in [5, 5.41) is 25.3. The topological polar surface area (TPSA) is 166 Å². The molecular weight excluding hydrogens is 747 g/mol. The van der Waals surface area contributed by atoms with E-state index in [1.807, 2.05) is 108 Å². The van der Waals surface area contributed by atoms with Gasteiger partial charge in [0.2, 0.25) is 11.8 Å². The van der Waals surface area contributed by atoms with Gasteiger partial charge in [0.1, 0.15) is 35.7 Å². The van der Waals surface area contributed by atoms with Gasteiger partial charge in [0.15, 0.2) is 0 Å². The lowest BCUT2D eigenvalue weighted by molar-refractivity contribution is -0.178. The van der Waals surface area contributed by atoms with Crippen LogP contribution < -0.4 is 15.4 Å². The molecular formula is C47H41N5O7. The van der Waals surface area contributed by atoms with Crippen LogP contribution in [0.4, 0.5) is 5.69 Å². The Hall–Kier alpha value is -6.78. The normalized spacial score (nSPS) is 23.2. The van der Waals surface area contributed by atoms with Gasteiger partial charge in [0.05, 0.1) is 48.8 Å². The number of imidazole rings is 1. The first kappa shape index (κ1) is 37.8. The van der Waals surface area contributed by atoms with Gasteiger partial charge in [-0.05, 0) is 64.7 Å². The number of fused-ring (bicyclic) bond motifs is 4. The molecule has 3 aliphatic rings. The molecule has 59 heavy (non-hydrogen) atoms. The van der Waals surface area contributed by atoms with Crippen LogP contribution in [0.2, 0.25) is 0 Å². The number of hydrogen-bond donors (Lipinski definition) is 5. The summed E-state index contributed by atoms with van der Waals surface area (Å²) in [6.07, 6.45) is -0.579. The number of rotatable bonds is 10. The fraction of sp³-hybridized carbons (Fsp3) is 0.234. The largest absolute Gasteiger partial charge is 0.491 e. The number of benzene rings is 5. The highest BCUT2D eigenvalue weighted by atomic mass is 16.6. The number of anilines is 1.